The fourth-order valence-electron chi connectivity index (χ4n) is 3.45. The van der Waals surface area contributed by atoms with Gasteiger partial charge in [0, 0.05) is 17.3 Å². The van der Waals surface area contributed by atoms with Crippen LogP contribution in [0.5, 0.6) is 5.75 Å². The lowest BCUT2D eigenvalue weighted by molar-refractivity contribution is -0.116. The van der Waals surface area contributed by atoms with Crippen LogP contribution >= 0.6 is 11.6 Å². The second-order valence-electron chi connectivity index (χ2n) is 7.06. The van der Waals surface area contributed by atoms with E-state index in [9.17, 15) is 4.79 Å². The number of carbonyl (C=O) groups is 1. The molecule has 0 radical (unpaired) electrons. The second-order valence-corrected chi connectivity index (χ2v) is 7.47. The first-order valence-corrected chi connectivity index (χ1v) is 9.86. The molecule has 0 spiro atoms. The summed E-state index contributed by atoms with van der Waals surface area (Å²) in [5, 5.41) is 8.79. The van der Waals surface area contributed by atoms with E-state index in [0.717, 1.165) is 22.2 Å². The number of methoxy groups -OCH3 is 1. The first kappa shape index (κ1) is 19.9. The summed E-state index contributed by atoms with van der Waals surface area (Å²) < 4.78 is 6.77. The van der Waals surface area contributed by atoms with Crippen molar-refractivity contribution in [3.05, 3.63) is 71.0 Å². The zero-order valence-corrected chi connectivity index (χ0v) is 17.7. The Balaban J connectivity index is 1.62. The molecule has 6 nitrogen and oxygen atoms in total. The number of hydrogen-bond acceptors (Lipinski definition) is 4. The topological polar surface area (TPSA) is 69.0 Å². The zero-order chi connectivity index (χ0) is 21.3. The second kappa shape index (κ2) is 8.16. The molecule has 0 atom stereocenters. The van der Waals surface area contributed by atoms with E-state index in [2.05, 4.69) is 46.6 Å². The van der Waals surface area contributed by atoms with E-state index >= 15 is 0 Å². The molecule has 0 unspecified atom stereocenters. The Morgan fingerprint density at radius 3 is 2.60 bits per heavy atom. The number of anilines is 1. The monoisotopic (exact) mass is 420 g/mol. The van der Waals surface area contributed by atoms with Crippen molar-refractivity contribution in [1.82, 2.24) is 14.8 Å². The van der Waals surface area contributed by atoms with Crippen molar-refractivity contribution in [2.45, 2.75) is 20.4 Å². The summed E-state index contributed by atoms with van der Waals surface area (Å²) in [4.78, 5) is 17.1. The molecule has 2 aromatic heterocycles. The number of aromatic nitrogens is 3. The van der Waals surface area contributed by atoms with Gasteiger partial charge in [-0.15, -0.1) is 0 Å². The van der Waals surface area contributed by atoms with E-state index < -0.39 is 0 Å². The molecular weight excluding hydrogens is 400 g/mol. The van der Waals surface area contributed by atoms with E-state index in [1.54, 1.807) is 36.2 Å². The molecule has 0 fully saturated rings. The molecule has 2 aromatic carbocycles. The number of rotatable bonds is 5. The van der Waals surface area contributed by atoms with Crippen LogP contribution in [0.25, 0.3) is 22.2 Å². The molecule has 4 aromatic rings. The molecule has 4 rings (SSSR count). The Hall–Kier alpha value is -3.38. The van der Waals surface area contributed by atoms with E-state index in [1.807, 2.05) is 13.0 Å². The predicted octanol–water partition coefficient (Wildman–Crippen LogP) is 5.02. The predicted molar refractivity (Wildman–Crippen MR) is 119 cm³/mol. The van der Waals surface area contributed by atoms with Crippen LogP contribution in [0.3, 0.4) is 0 Å². The molecule has 7 heteroatoms. The van der Waals surface area contributed by atoms with Gasteiger partial charge in [0.1, 0.15) is 12.3 Å². The van der Waals surface area contributed by atoms with E-state index in [0.29, 0.717) is 22.1 Å². The summed E-state index contributed by atoms with van der Waals surface area (Å²) in [7, 11) is 1.54. The number of pyridine rings is 1. The van der Waals surface area contributed by atoms with Crippen LogP contribution in [-0.4, -0.2) is 27.8 Å². The summed E-state index contributed by atoms with van der Waals surface area (Å²) in [5.41, 5.74) is 5.43. The van der Waals surface area contributed by atoms with Crippen molar-refractivity contribution in [1.29, 1.82) is 0 Å². The SMILES string of the molecule is COc1ccc(NC(=O)Cn2nc(C)c3c(-c4ccc(C)cc4)ccnc32)cc1Cl. The van der Waals surface area contributed by atoms with E-state index in [1.165, 1.54) is 5.56 Å². The lowest BCUT2D eigenvalue weighted by Gasteiger charge is -2.09. The maximum absolute atomic E-state index is 12.6. The molecule has 1 N–H and O–H groups in total. The Labute approximate surface area is 179 Å². The average Bonchev–Trinajstić information content (AvgIpc) is 3.04. The lowest BCUT2D eigenvalue weighted by Crippen LogP contribution is -2.19. The van der Waals surface area contributed by atoms with Crippen LogP contribution in [0.15, 0.2) is 54.7 Å². The summed E-state index contributed by atoms with van der Waals surface area (Å²) in [6, 6.07) is 15.4. The molecule has 30 heavy (non-hydrogen) atoms. The van der Waals surface area contributed by atoms with Gasteiger partial charge in [-0.3, -0.25) is 4.79 Å². The molecule has 0 aliphatic rings. The standard InChI is InChI=1S/C23H21ClN4O2/c1-14-4-6-16(7-5-14)18-10-11-25-23-22(18)15(2)27-28(23)13-21(29)26-17-8-9-20(30-3)19(24)12-17/h4-12H,13H2,1-3H3,(H,26,29). The Bertz CT molecular complexity index is 1230. The Kier molecular flexibility index (Phi) is 5.42. The van der Waals surface area contributed by atoms with Crippen molar-refractivity contribution < 1.29 is 9.53 Å². The molecule has 0 saturated heterocycles. The van der Waals surface area contributed by atoms with Crippen LogP contribution in [0.4, 0.5) is 5.69 Å². The molecule has 0 bridgehead atoms. The molecule has 152 valence electrons. The number of carbonyl (C=O) groups excluding carboxylic acids is 1. The first-order chi connectivity index (χ1) is 14.5. The quantitative estimate of drug-likeness (QED) is 0.492. The maximum atomic E-state index is 12.6. The largest absolute Gasteiger partial charge is 0.495 e. The van der Waals surface area contributed by atoms with Crippen molar-refractivity contribution >= 4 is 34.2 Å². The Morgan fingerprint density at radius 2 is 1.90 bits per heavy atom. The minimum Gasteiger partial charge on any atom is -0.495 e. The van der Waals surface area contributed by atoms with Gasteiger partial charge in [0.2, 0.25) is 5.91 Å². The van der Waals surface area contributed by atoms with Crippen LogP contribution in [0.1, 0.15) is 11.3 Å². The van der Waals surface area contributed by atoms with Crippen LogP contribution < -0.4 is 10.1 Å². The average molecular weight is 421 g/mol. The van der Waals surface area contributed by atoms with Gasteiger partial charge in [0.15, 0.2) is 5.65 Å². The minimum atomic E-state index is -0.219. The minimum absolute atomic E-state index is 0.0400. The number of ether oxygens (including phenoxy) is 1. The molecule has 2 heterocycles. The number of hydrogen-bond donors (Lipinski definition) is 1. The maximum Gasteiger partial charge on any atom is 0.246 e. The summed E-state index contributed by atoms with van der Waals surface area (Å²) in [6.07, 6.45) is 1.75. The summed E-state index contributed by atoms with van der Waals surface area (Å²) in [5.74, 6) is 0.333. The molecular formula is C23H21ClN4O2. The number of halogens is 1. The third-order valence-electron chi connectivity index (χ3n) is 4.90. The van der Waals surface area contributed by atoms with Crippen molar-refractivity contribution in [3.63, 3.8) is 0 Å². The molecule has 1 amide bonds. The van der Waals surface area contributed by atoms with Gasteiger partial charge in [-0.2, -0.15) is 5.10 Å². The number of amides is 1. The Morgan fingerprint density at radius 1 is 1.13 bits per heavy atom. The fourth-order valence-corrected chi connectivity index (χ4v) is 3.70. The highest BCUT2D eigenvalue weighted by molar-refractivity contribution is 6.32. The van der Waals surface area contributed by atoms with Crippen LogP contribution in [0.2, 0.25) is 5.02 Å². The van der Waals surface area contributed by atoms with Crippen molar-refractivity contribution in [2.75, 3.05) is 12.4 Å². The van der Waals surface area contributed by atoms with Crippen LogP contribution in [-0.2, 0) is 11.3 Å². The van der Waals surface area contributed by atoms with Gasteiger partial charge in [0.05, 0.1) is 17.8 Å². The third-order valence-corrected chi connectivity index (χ3v) is 5.19. The number of fused-ring (bicyclic) bond motifs is 1. The van der Waals surface area contributed by atoms with Gasteiger partial charge in [0.25, 0.3) is 0 Å². The fraction of sp³-hybridized carbons (Fsp3) is 0.174. The highest BCUT2D eigenvalue weighted by atomic mass is 35.5. The highest BCUT2D eigenvalue weighted by Crippen LogP contribution is 2.30. The highest BCUT2D eigenvalue weighted by Gasteiger charge is 2.16. The van der Waals surface area contributed by atoms with Crippen LogP contribution in [0, 0.1) is 13.8 Å². The van der Waals surface area contributed by atoms with Gasteiger partial charge in [-0.05, 0) is 49.2 Å². The molecule has 0 aliphatic heterocycles. The lowest BCUT2D eigenvalue weighted by atomic mass is 10.0. The van der Waals surface area contributed by atoms with Gasteiger partial charge in [-0.25, -0.2) is 9.67 Å². The number of nitrogens with zero attached hydrogens (tertiary/aromatic N) is 3. The third kappa shape index (κ3) is 3.86. The van der Waals surface area contributed by atoms with Crippen molar-refractivity contribution in [2.24, 2.45) is 0 Å². The zero-order valence-electron chi connectivity index (χ0n) is 16.9. The molecule has 0 saturated carbocycles. The smallest absolute Gasteiger partial charge is 0.246 e. The summed E-state index contributed by atoms with van der Waals surface area (Å²) in [6.45, 7) is 4.03. The van der Waals surface area contributed by atoms with Crippen molar-refractivity contribution in [3.8, 4) is 16.9 Å². The molecule has 0 aliphatic carbocycles. The van der Waals surface area contributed by atoms with E-state index in [4.69, 9.17) is 16.3 Å². The van der Waals surface area contributed by atoms with Gasteiger partial charge < -0.3 is 10.1 Å². The number of aryl methyl sites for hydroxylation is 2. The normalized spacial score (nSPS) is 10.9. The van der Waals surface area contributed by atoms with Gasteiger partial charge in [-0.1, -0.05) is 41.4 Å². The van der Waals surface area contributed by atoms with E-state index in [-0.39, 0.29) is 12.5 Å². The summed E-state index contributed by atoms with van der Waals surface area (Å²) >= 11 is 6.14. The van der Waals surface area contributed by atoms with Gasteiger partial charge >= 0.3 is 0 Å². The first-order valence-electron chi connectivity index (χ1n) is 9.49. The number of benzene rings is 2. The number of nitrogens with one attached hydrogen (secondary N) is 1.